The van der Waals surface area contributed by atoms with Crippen molar-refractivity contribution in [3.63, 3.8) is 0 Å². The van der Waals surface area contributed by atoms with Gasteiger partial charge in [-0.3, -0.25) is 4.79 Å². The van der Waals surface area contributed by atoms with E-state index in [1.807, 2.05) is 38.1 Å². The number of halogens is 1. The van der Waals surface area contributed by atoms with Crippen LogP contribution >= 0.6 is 11.6 Å². The van der Waals surface area contributed by atoms with Crippen molar-refractivity contribution >= 4 is 17.4 Å². The zero-order valence-corrected chi connectivity index (χ0v) is 11.8. The van der Waals surface area contributed by atoms with Gasteiger partial charge < -0.3 is 5.32 Å². The minimum absolute atomic E-state index is 0.0575. The maximum Gasteiger partial charge on any atom is 0.146 e. The zero-order chi connectivity index (χ0) is 13.2. The van der Waals surface area contributed by atoms with Crippen LogP contribution in [0.2, 0.25) is 5.02 Å². The lowest BCUT2D eigenvalue weighted by Gasteiger charge is -2.38. The van der Waals surface area contributed by atoms with Crippen LogP contribution in [-0.4, -0.2) is 18.9 Å². The fourth-order valence-corrected chi connectivity index (χ4v) is 3.06. The van der Waals surface area contributed by atoms with Crippen molar-refractivity contribution < 1.29 is 4.79 Å². The molecule has 1 saturated heterocycles. The smallest absolute Gasteiger partial charge is 0.146 e. The Kier molecular flexibility index (Phi) is 4.08. The molecule has 0 aliphatic carbocycles. The van der Waals surface area contributed by atoms with E-state index in [1.165, 1.54) is 0 Å². The predicted molar refractivity (Wildman–Crippen MR) is 75.1 cm³/mol. The molecule has 1 aromatic rings. The first-order valence-electron chi connectivity index (χ1n) is 6.57. The minimum Gasteiger partial charge on any atom is -0.317 e. The SMILES string of the molecule is CC(C)C(=O)C1(c2cccc(Cl)c2)CCNCC1. The van der Waals surface area contributed by atoms with E-state index in [4.69, 9.17) is 11.6 Å². The molecule has 1 fully saturated rings. The molecule has 3 heteroatoms. The van der Waals surface area contributed by atoms with E-state index in [9.17, 15) is 4.79 Å². The number of Topliss-reactive ketones (excluding diaryl/α,β-unsaturated/α-hetero) is 1. The van der Waals surface area contributed by atoms with Crippen LogP contribution in [0.25, 0.3) is 0 Å². The van der Waals surface area contributed by atoms with Crippen molar-refractivity contribution in [2.45, 2.75) is 32.1 Å². The van der Waals surface area contributed by atoms with E-state index in [-0.39, 0.29) is 11.3 Å². The van der Waals surface area contributed by atoms with Crippen LogP contribution in [-0.2, 0) is 10.2 Å². The number of ketones is 1. The summed E-state index contributed by atoms with van der Waals surface area (Å²) >= 11 is 6.08. The van der Waals surface area contributed by atoms with Gasteiger partial charge in [-0.25, -0.2) is 0 Å². The van der Waals surface area contributed by atoms with Gasteiger partial charge in [-0.1, -0.05) is 37.6 Å². The normalized spacial score (nSPS) is 18.9. The van der Waals surface area contributed by atoms with Gasteiger partial charge in [-0.05, 0) is 43.6 Å². The van der Waals surface area contributed by atoms with Crippen LogP contribution in [0.1, 0.15) is 32.3 Å². The third-order valence-electron chi connectivity index (χ3n) is 3.83. The molecule has 18 heavy (non-hydrogen) atoms. The summed E-state index contributed by atoms with van der Waals surface area (Å²) in [6, 6.07) is 7.79. The van der Waals surface area contributed by atoms with Gasteiger partial charge in [0.2, 0.25) is 0 Å². The Labute approximate surface area is 114 Å². The van der Waals surface area contributed by atoms with Crippen LogP contribution < -0.4 is 5.32 Å². The van der Waals surface area contributed by atoms with Crippen molar-refractivity contribution in [1.82, 2.24) is 5.32 Å². The molecule has 0 atom stereocenters. The van der Waals surface area contributed by atoms with Crippen LogP contribution in [0.3, 0.4) is 0 Å². The van der Waals surface area contributed by atoms with Crippen molar-refractivity contribution in [1.29, 1.82) is 0 Å². The number of rotatable bonds is 3. The van der Waals surface area contributed by atoms with Gasteiger partial charge in [0.1, 0.15) is 5.78 Å². The number of benzene rings is 1. The highest BCUT2D eigenvalue weighted by Crippen LogP contribution is 2.37. The molecule has 1 heterocycles. The third-order valence-corrected chi connectivity index (χ3v) is 4.07. The highest BCUT2D eigenvalue weighted by molar-refractivity contribution is 6.30. The maximum atomic E-state index is 12.7. The van der Waals surface area contributed by atoms with E-state index < -0.39 is 0 Å². The molecule has 2 rings (SSSR count). The lowest BCUT2D eigenvalue weighted by molar-refractivity contribution is -0.128. The zero-order valence-electron chi connectivity index (χ0n) is 11.0. The summed E-state index contributed by atoms with van der Waals surface area (Å²) in [6.07, 6.45) is 1.73. The molecule has 0 bridgehead atoms. The second-order valence-electron chi connectivity index (χ2n) is 5.36. The molecular formula is C15H20ClNO. The molecule has 1 aliphatic rings. The first kappa shape index (κ1) is 13.6. The highest BCUT2D eigenvalue weighted by Gasteiger charge is 2.41. The second-order valence-corrected chi connectivity index (χ2v) is 5.80. The number of carbonyl (C=O) groups excluding carboxylic acids is 1. The Morgan fingerprint density at radius 3 is 2.56 bits per heavy atom. The fraction of sp³-hybridized carbons (Fsp3) is 0.533. The number of hydrogen-bond donors (Lipinski definition) is 1. The van der Waals surface area contributed by atoms with Crippen LogP contribution in [0.5, 0.6) is 0 Å². The Hall–Kier alpha value is -0.860. The number of nitrogens with one attached hydrogen (secondary N) is 1. The first-order chi connectivity index (χ1) is 8.56. The standard InChI is InChI=1S/C15H20ClNO/c1-11(2)14(18)15(6-8-17-9-7-15)12-4-3-5-13(16)10-12/h3-5,10-11,17H,6-9H2,1-2H3. The molecule has 0 unspecified atom stereocenters. The molecule has 0 amide bonds. The van der Waals surface area contributed by atoms with Gasteiger partial charge in [0, 0.05) is 10.9 Å². The van der Waals surface area contributed by atoms with Gasteiger partial charge in [0.05, 0.1) is 5.41 Å². The van der Waals surface area contributed by atoms with Gasteiger partial charge in [0.25, 0.3) is 0 Å². The van der Waals surface area contributed by atoms with Crippen molar-refractivity contribution in [3.05, 3.63) is 34.9 Å². The topological polar surface area (TPSA) is 29.1 Å². The van der Waals surface area contributed by atoms with Gasteiger partial charge in [-0.2, -0.15) is 0 Å². The first-order valence-corrected chi connectivity index (χ1v) is 6.95. The Bertz CT molecular complexity index is 436. The van der Waals surface area contributed by atoms with E-state index in [1.54, 1.807) is 0 Å². The molecule has 0 radical (unpaired) electrons. The van der Waals surface area contributed by atoms with Gasteiger partial charge >= 0.3 is 0 Å². The van der Waals surface area contributed by atoms with E-state index in [0.29, 0.717) is 10.8 Å². The number of hydrogen-bond acceptors (Lipinski definition) is 2. The van der Waals surface area contributed by atoms with Crippen molar-refractivity contribution in [3.8, 4) is 0 Å². The molecule has 1 aliphatic heterocycles. The van der Waals surface area contributed by atoms with Crippen molar-refractivity contribution in [2.24, 2.45) is 5.92 Å². The summed E-state index contributed by atoms with van der Waals surface area (Å²) in [5.41, 5.74) is 0.736. The van der Waals surface area contributed by atoms with Crippen LogP contribution in [0.15, 0.2) is 24.3 Å². The summed E-state index contributed by atoms with van der Waals surface area (Å²) in [5, 5.41) is 4.04. The number of carbonyl (C=O) groups is 1. The van der Waals surface area contributed by atoms with E-state index in [2.05, 4.69) is 5.32 Å². The molecule has 2 nitrogen and oxygen atoms in total. The summed E-state index contributed by atoms with van der Waals surface area (Å²) in [4.78, 5) is 12.7. The van der Waals surface area contributed by atoms with Gasteiger partial charge in [-0.15, -0.1) is 0 Å². The molecule has 1 N–H and O–H groups in total. The van der Waals surface area contributed by atoms with E-state index in [0.717, 1.165) is 31.5 Å². The quantitative estimate of drug-likeness (QED) is 0.909. The maximum absolute atomic E-state index is 12.7. The molecule has 0 saturated carbocycles. The second kappa shape index (κ2) is 5.41. The number of piperidine rings is 1. The largest absolute Gasteiger partial charge is 0.317 e. The summed E-state index contributed by atoms with van der Waals surface area (Å²) in [5.74, 6) is 0.397. The summed E-state index contributed by atoms with van der Waals surface area (Å²) < 4.78 is 0. The fourth-order valence-electron chi connectivity index (χ4n) is 2.87. The minimum atomic E-state index is -0.343. The molecule has 0 aromatic heterocycles. The molecular weight excluding hydrogens is 246 g/mol. The summed E-state index contributed by atoms with van der Waals surface area (Å²) in [6.45, 7) is 5.75. The van der Waals surface area contributed by atoms with Crippen molar-refractivity contribution in [2.75, 3.05) is 13.1 Å². The Balaban J connectivity index is 2.44. The monoisotopic (exact) mass is 265 g/mol. The molecule has 1 aromatic carbocycles. The van der Waals surface area contributed by atoms with E-state index >= 15 is 0 Å². The Morgan fingerprint density at radius 1 is 1.33 bits per heavy atom. The van der Waals surface area contributed by atoms with Crippen LogP contribution in [0, 0.1) is 5.92 Å². The predicted octanol–water partition coefficient (Wildman–Crippen LogP) is 3.19. The van der Waals surface area contributed by atoms with Crippen LogP contribution in [0.4, 0.5) is 0 Å². The highest BCUT2D eigenvalue weighted by atomic mass is 35.5. The average molecular weight is 266 g/mol. The molecule has 98 valence electrons. The molecule has 0 spiro atoms. The summed E-state index contributed by atoms with van der Waals surface area (Å²) in [7, 11) is 0. The Morgan fingerprint density at radius 2 is 2.00 bits per heavy atom. The lowest BCUT2D eigenvalue weighted by Crippen LogP contribution is -2.47. The van der Waals surface area contributed by atoms with Gasteiger partial charge in [0.15, 0.2) is 0 Å². The third kappa shape index (κ3) is 2.45. The average Bonchev–Trinajstić information content (AvgIpc) is 2.38. The lowest BCUT2D eigenvalue weighted by atomic mass is 9.67.